The average Bonchev–Trinajstić information content (AvgIpc) is 2.37. The second-order valence-corrected chi connectivity index (χ2v) is 3.70. The fourth-order valence-corrected chi connectivity index (χ4v) is 1.52. The predicted octanol–water partition coefficient (Wildman–Crippen LogP) is 1.09. The van der Waals surface area contributed by atoms with Crippen molar-refractivity contribution in [3.05, 3.63) is 29.8 Å². The molecule has 0 fully saturated rings. The summed E-state index contributed by atoms with van der Waals surface area (Å²) in [6, 6.07) is 7.08. The van der Waals surface area contributed by atoms with Gasteiger partial charge < -0.3 is 19.7 Å². The highest BCUT2D eigenvalue weighted by Crippen LogP contribution is 2.14. The molecule has 0 bridgehead atoms. The van der Waals surface area contributed by atoms with Gasteiger partial charge in [-0.15, -0.1) is 0 Å². The standard InChI is InChI=1S/C13H18O5/c1-2-17-12(13(15)16)9-10-3-5-11(6-4-10)18-8-7-14/h3-6,12,14H,2,7-9H2,1H3,(H,15,16). The van der Waals surface area contributed by atoms with E-state index in [2.05, 4.69) is 0 Å². The third kappa shape index (κ3) is 4.73. The van der Waals surface area contributed by atoms with E-state index >= 15 is 0 Å². The molecule has 0 aliphatic heterocycles. The first kappa shape index (κ1) is 14.5. The molecule has 2 N–H and O–H groups in total. The number of rotatable bonds is 8. The fourth-order valence-electron chi connectivity index (χ4n) is 1.52. The lowest BCUT2D eigenvalue weighted by atomic mass is 10.1. The van der Waals surface area contributed by atoms with Crippen LogP contribution >= 0.6 is 0 Å². The predicted molar refractivity (Wildman–Crippen MR) is 65.8 cm³/mol. The minimum atomic E-state index is -0.961. The van der Waals surface area contributed by atoms with E-state index in [1.165, 1.54) is 0 Å². The van der Waals surface area contributed by atoms with Gasteiger partial charge in [0.15, 0.2) is 6.10 Å². The first-order valence-electron chi connectivity index (χ1n) is 5.84. The van der Waals surface area contributed by atoms with Crippen LogP contribution in [0.2, 0.25) is 0 Å². The zero-order chi connectivity index (χ0) is 13.4. The number of aliphatic carboxylic acids is 1. The molecule has 0 aromatic heterocycles. The minimum Gasteiger partial charge on any atom is -0.491 e. The van der Waals surface area contributed by atoms with Gasteiger partial charge >= 0.3 is 5.97 Å². The van der Waals surface area contributed by atoms with Crippen molar-refractivity contribution in [3.8, 4) is 5.75 Å². The Morgan fingerprint density at radius 1 is 1.33 bits per heavy atom. The van der Waals surface area contributed by atoms with E-state index in [0.717, 1.165) is 5.56 Å². The third-order valence-corrected chi connectivity index (χ3v) is 2.35. The van der Waals surface area contributed by atoms with Crippen molar-refractivity contribution >= 4 is 5.97 Å². The summed E-state index contributed by atoms with van der Waals surface area (Å²) in [5, 5.41) is 17.6. The van der Waals surface area contributed by atoms with E-state index in [4.69, 9.17) is 19.7 Å². The molecule has 5 nitrogen and oxygen atoms in total. The van der Waals surface area contributed by atoms with Crippen LogP contribution in [0.5, 0.6) is 5.75 Å². The van der Waals surface area contributed by atoms with Crippen LogP contribution in [0.25, 0.3) is 0 Å². The quantitative estimate of drug-likeness (QED) is 0.726. The lowest BCUT2D eigenvalue weighted by molar-refractivity contribution is -0.149. The summed E-state index contributed by atoms with van der Waals surface area (Å²) < 4.78 is 10.4. The van der Waals surface area contributed by atoms with Crippen LogP contribution in [0.15, 0.2) is 24.3 Å². The lowest BCUT2D eigenvalue weighted by Crippen LogP contribution is -2.26. The monoisotopic (exact) mass is 254 g/mol. The van der Waals surface area contributed by atoms with Gasteiger partial charge in [-0.3, -0.25) is 0 Å². The molecule has 0 aliphatic carbocycles. The van der Waals surface area contributed by atoms with Crippen molar-refractivity contribution in [1.82, 2.24) is 0 Å². The molecule has 0 radical (unpaired) electrons. The molecule has 1 rings (SSSR count). The lowest BCUT2D eigenvalue weighted by Gasteiger charge is -2.12. The SMILES string of the molecule is CCOC(Cc1ccc(OCCO)cc1)C(=O)O. The van der Waals surface area contributed by atoms with Crippen molar-refractivity contribution in [3.63, 3.8) is 0 Å². The number of hydrogen-bond donors (Lipinski definition) is 2. The fraction of sp³-hybridized carbons (Fsp3) is 0.462. The summed E-state index contributed by atoms with van der Waals surface area (Å²) in [5.74, 6) is -0.312. The molecule has 1 aromatic rings. The highest BCUT2D eigenvalue weighted by Gasteiger charge is 2.17. The summed E-state index contributed by atoms with van der Waals surface area (Å²) in [7, 11) is 0. The minimum absolute atomic E-state index is 0.0345. The van der Waals surface area contributed by atoms with Gasteiger partial charge in [-0.05, 0) is 24.6 Å². The molecule has 1 aromatic carbocycles. The summed E-state index contributed by atoms with van der Waals surface area (Å²) in [6.07, 6.45) is -0.497. The largest absolute Gasteiger partial charge is 0.491 e. The van der Waals surface area contributed by atoms with Crippen molar-refractivity contribution in [1.29, 1.82) is 0 Å². The number of aliphatic hydroxyl groups is 1. The van der Waals surface area contributed by atoms with Crippen molar-refractivity contribution in [2.75, 3.05) is 19.8 Å². The van der Waals surface area contributed by atoms with Crippen LogP contribution in [0.3, 0.4) is 0 Å². The maximum atomic E-state index is 10.9. The highest BCUT2D eigenvalue weighted by molar-refractivity contribution is 5.72. The number of ether oxygens (including phenoxy) is 2. The Balaban J connectivity index is 2.58. The number of benzene rings is 1. The Kier molecular flexibility index (Phi) is 6.18. The molecular formula is C13H18O5. The van der Waals surface area contributed by atoms with E-state index in [9.17, 15) is 4.79 Å². The molecule has 100 valence electrons. The Morgan fingerprint density at radius 3 is 2.50 bits per heavy atom. The number of hydrogen-bond acceptors (Lipinski definition) is 4. The van der Waals surface area contributed by atoms with Gasteiger partial charge in [0.2, 0.25) is 0 Å². The molecule has 0 amide bonds. The van der Waals surface area contributed by atoms with Crippen LogP contribution in [-0.4, -0.2) is 42.1 Å². The first-order valence-corrected chi connectivity index (χ1v) is 5.84. The number of carboxylic acids is 1. The Labute approximate surface area is 106 Å². The zero-order valence-corrected chi connectivity index (χ0v) is 10.3. The van der Waals surface area contributed by atoms with Gasteiger partial charge in [0.05, 0.1) is 6.61 Å². The summed E-state index contributed by atoms with van der Waals surface area (Å²) >= 11 is 0. The van der Waals surface area contributed by atoms with Gasteiger partial charge in [0.25, 0.3) is 0 Å². The first-order chi connectivity index (χ1) is 8.67. The van der Waals surface area contributed by atoms with Crippen LogP contribution < -0.4 is 4.74 Å². The number of carboxylic acid groups (broad SMARTS) is 1. The topological polar surface area (TPSA) is 76.0 Å². The molecule has 0 aliphatic rings. The van der Waals surface area contributed by atoms with Gasteiger partial charge in [0, 0.05) is 13.0 Å². The Hall–Kier alpha value is -1.59. The van der Waals surface area contributed by atoms with E-state index in [0.29, 0.717) is 18.8 Å². The molecule has 0 saturated heterocycles. The molecule has 0 saturated carbocycles. The van der Waals surface area contributed by atoms with E-state index < -0.39 is 12.1 Å². The van der Waals surface area contributed by atoms with Crippen LogP contribution in [0, 0.1) is 0 Å². The van der Waals surface area contributed by atoms with E-state index in [1.54, 1.807) is 31.2 Å². The summed E-state index contributed by atoms with van der Waals surface area (Å²) in [6.45, 7) is 2.35. The van der Waals surface area contributed by atoms with Gasteiger partial charge in [-0.25, -0.2) is 4.79 Å². The van der Waals surface area contributed by atoms with Gasteiger partial charge in [-0.2, -0.15) is 0 Å². The highest BCUT2D eigenvalue weighted by atomic mass is 16.5. The molecular weight excluding hydrogens is 236 g/mol. The maximum Gasteiger partial charge on any atom is 0.333 e. The number of aliphatic hydroxyl groups excluding tert-OH is 1. The van der Waals surface area contributed by atoms with Gasteiger partial charge in [-0.1, -0.05) is 12.1 Å². The van der Waals surface area contributed by atoms with Crippen LogP contribution in [0.4, 0.5) is 0 Å². The summed E-state index contributed by atoms with van der Waals surface area (Å²) in [4.78, 5) is 10.9. The van der Waals surface area contributed by atoms with Crippen molar-refractivity contribution in [2.45, 2.75) is 19.4 Å². The Morgan fingerprint density at radius 2 is 2.00 bits per heavy atom. The van der Waals surface area contributed by atoms with E-state index in [1.807, 2.05) is 0 Å². The molecule has 0 spiro atoms. The second kappa shape index (κ2) is 7.68. The second-order valence-electron chi connectivity index (χ2n) is 3.70. The molecule has 1 atom stereocenters. The zero-order valence-electron chi connectivity index (χ0n) is 10.3. The van der Waals surface area contributed by atoms with E-state index in [-0.39, 0.29) is 13.2 Å². The van der Waals surface area contributed by atoms with Crippen LogP contribution in [-0.2, 0) is 16.0 Å². The third-order valence-electron chi connectivity index (χ3n) is 2.35. The average molecular weight is 254 g/mol. The number of carbonyl (C=O) groups is 1. The summed E-state index contributed by atoms with van der Waals surface area (Å²) in [5.41, 5.74) is 0.868. The van der Waals surface area contributed by atoms with Gasteiger partial charge in [0.1, 0.15) is 12.4 Å². The molecule has 18 heavy (non-hydrogen) atoms. The van der Waals surface area contributed by atoms with Crippen LogP contribution in [0.1, 0.15) is 12.5 Å². The maximum absolute atomic E-state index is 10.9. The smallest absolute Gasteiger partial charge is 0.333 e. The normalized spacial score (nSPS) is 12.1. The molecule has 5 heteroatoms. The molecule has 0 heterocycles. The van der Waals surface area contributed by atoms with Crippen molar-refractivity contribution < 1.29 is 24.5 Å². The Bertz CT molecular complexity index is 360. The molecule has 1 unspecified atom stereocenters. The van der Waals surface area contributed by atoms with Crippen molar-refractivity contribution in [2.24, 2.45) is 0 Å².